The average molecular weight is 578 g/mol. The molecule has 0 aliphatic heterocycles. The Labute approximate surface area is 247 Å². The number of carbonyl (C=O) groups excluding carboxylic acids is 2. The topological polar surface area (TPSA) is 132 Å². The van der Waals surface area contributed by atoms with Crippen LogP contribution in [0.1, 0.15) is 84.6 Å². The van der Waals surface area contributed by atoms with E-state index in [1.54, 1.807) is 14.2 Å². The molecule has 1 aliphatic carbocycles. The molecule has 4 atom stereocenters. The minimum Gasteiger partial charge on any atom is -0.493 e. The lowest BCUT2D eigenvalue weighted by molar-refractivity contribution is -0.128. The van der Waals surface area contributed by atoms with Crippen molar-refractivity contribution in [3.05, 3.63) is 23.8 Å². The highest BCUT2D eigenvalue weighted by Gasteiger charge is 2.38. The average Bonchev–Trinajstić information content (AvgIpc) is 3.40. The summed E-state index contributed by atoms with van der Waals surface area (Å²) in [6, 6.07) is 5.99. The van der Waals surface area contributed by atoms with Crippen LogP contribution in [0.25, 0.3) is 0 Å². The van der Waals surface area contributed by atoms with Gasteiger partial charge in [0.2, 0.25) is 12.3 Å². The Morgan fingerprint density at radius 2 is 1.90 bits per heavy atom. The number of carbonyl (C=O) groups is 2. The van der Waals surface area contributed by atoms with Gasteiger partial charge in [0.1, 0.15) is 0 Å². The van der Waals surface area contributed by atoms with Gasteiger partial charge in [-0.25, -0.2) is 0 Å². The number of nitrogens with one attached hydrogen (secondary N) is 2. The third kappa shape index (κ3) is 10.8. The maximum absolute atomic E-state index is 13.3. The first-order valence-electron chi connectivity index (χ1n) is 15.3. The van der Waals surface area contributed by atoms with E-state index in [4.69, 9.17) is 19.9 Å². The largest absolute Gasteiger partial charge is 0.493 e. The molecule has 2 rings (SSSR count). The molecular formula is C32H55N3O6. The molecule has 0 radical (unpaired) electrons. The monoisotopic (exact) mass is 577 g/mol. The number of ether oxygens (including phenoxy) is 3. The summed E-state index contributed by atoms with van der Waals surface area (Å²) >= 11 is 0. The van der Waals surface area contributed by atoms with Crippen molar-refractivity contribution in [1.82, 2.24) is 10.6 Å². The molecule has 1 aliphatic rings. The third-order valence-electron chi connectivity index (χ3n) is 8.72. The molecule has 0 spiro atoms. The number of hydrogen-bond donors (Lipinski definition) is 4. The maximum atomic E-state index is 13.3. The fraction of sp³-hybridized carbons (Fsp3) is 0.750. The van der Waals surface area contributed by atoms with Crippen LogP contribution < -0.4 is 25.8 Å². The van der Waals surface area contributed by atoms with Crippen LogP contribution in [0.2, 0.25) is 0 Å². The van der Waals surface area contributed by atoms with E-state index in [1.165, 1.54) is 0 Å². The van der Waals surface area contributed by atoms with E-state index in [9.17, 15) is 14.7 Å². The molecule has 1 saturated carbocycles. The predicted molar refractivity (Wildman–Crippen MR) is 162 cm³/mol. The molecule has 0 bridgehead atoms. The predicted octanol–water partition coefficient (Wildman–Crippen LogP) is 3.98. The van der Waals surface area contributed by atoms with Gasteiger partial charge in [-0.2, -0.15) is 0 Å². The minimum absolute atomic E-state index is 0.0302. The van der Waals surface area contributed by atoms with E-state index in [0.29, 0.717) is 37.7 Å². The summed E-state index contributed by atoms with van der Waals surface area (Å²) in [7, 11) is 3.30. The fourth-order valence-electron chi connectivity index (χ4n) is 5.93. The molecule has 0 saturated heterocycles. The smallest absolute Gasteiger partial charge is 0.223 e. The Bertz CT molecular complexity index is 932. The number of aliphatic hydroxyl groups is 1. The van der Waals surface area contributed by atoms with Crippen LogP contribution in [0.3, 0.4) is 0 Å². The number of rotatable bonds is 20. The van der Waals surface area contributed by atoms with Gasteiger partial charge in [0, 0.05) is 38.1 Å². The fourth-order valence-corrected chi connectivity index (χ4v) is 5.93. The zero-order valence-electron chi connectivity index (χ0n) is 26.2. The molecule has 1 fully saturated rings. The lowest BCUT2D eigenvalue weighted by Crippen LogP contribution is -2.54. The summed E-state index contributed by atoms with van der Waals surface area (Å²) in [5.41, 5.74) is 6.64. The lowest BCUT2D eigenvalue weighted by Gasteiger charge is -2.36. The van der Waals surface area contributed by atoms with Gasteiger partial charge < -0.3 is 35.7 Å². The molecule has 234 valence electrons. The molecule has 9 heteroatoms. The van der Waals surface area contributed by atoms with Crippen LogP contribution in [-0.2, 0) is 20.7 Å². The Balaban J connectivity index is 2.02. The number of nitrogens with two attached hydrogens (primary N) is 1. The summed E-state index contributed by atoms with van der Waals surface area (Å²) in [6.45, 7) is 9.58. The van der Waals surface area contributed by atoms with Crippen molar-refractivity contribution in [1.29, 1.82) is 0 Å². The second-order valence-corrected chi connectivity index (χ2v) is 12.4. The van der Waals surface area contributed by atoms with Gasteiger partial charge in [0.25, 0.3) is 0 Å². The van der Waals surface area contributed by atoms with Crippen LogP contribution in [0.5, 0.6) is 11.5 Å². The molecular weight excluding hydrogens is 522 g/mol. The van der Waals surface area contributed by atoms with Crippen molar-refractivity contribution in [3.8, 4) is 11.5 Å². The van der Waals surface area contributed by atoms with Crippen LogP contribution in [-0.4, -0.2) is 68.6 Å². The first-order valence-corrected chi connectivity index (χ1v) is 15.3. The summed E-state index contributed by atoms with van der Waals surface area (Å²) < 4.78 is 16.5. The third-order valence-corrected chi connectivity index (χ3v) is 8.72. The van der Waals surface area contributed by atoms with Gasteiger partial charge in [-0.1, -0.05) is 46.1 Å². The maximum Gasteiger partial charge on any atom is 0.223 e. The van der Waals surface area contributed by atoms with Crippen molar-refractivity contribution in [2.75, 3.05) is 34.0 Å². The Hall–Kier alpha value is -2.36. The van der Waals surface area contributed by atoms with E-state index in [-0.39, 0.29) is 35.6 Å². The summed E-state index contributed by atoms with van der Waals surface area (Å²) in [4.78, 5) is 24.4. The van der Waals surface area contributed by atoms with Gasteiger partial charge in [0.05, 0.1) is 25.4 Å². The second-order valence-electron chi connectivity index (χ2n) is 12.4. The van der Waals surface area contributed by atoms with E-state index < -0.39 is 11.6 Å². The zero-order chi connectivity index (χ0) is 30.5. The van der Waals surface area contributed by atoms with Gasteiger partial charge in [-0.3, -0.25) is 9.59 Å². The van der Waals surface area contributed by atoms with Gasteiger partial charge in [-0.15, -0.1) is 0 Å². The Kier molecular flexibility index (Phi) is 14.4. The van der Waals surface area contributed by atoms with Crippen LogP contribution >= 0.6 is 0 Å². The van der Waals surface area contributed by atoms with Crippen molar-refractivity contribution in [2.24, 2.45) is 23.5 Å². The van der Waals surface area contributed by atoms with Crippen molar-refractivity contribution >= 4 is 12.3 Å². The molecule has 1 aromatic rings. The number of aliphatic hydroxyl groups excluding tert-OH is 1. The Morgan fingerprint density at radius 1 is 1.20 bits per heavy atom. The molecule has 0 unspecified atom stereocenters. The highest BCUT2D eigenvalue weighted by Crippen LogP contribution is 2.33. The molecule has 2 amide bonds. The number of methoxy groups -OCH3 is 2. The molecule has 9 nitrogen and oxygen atoms in total. The number of hydrogen-bond acceptors (Lipinski definition) is 7. The number of benzene rings is 1. The van der Waals surface area contributed by atoms with Crippen LogP contribution in [0.4, 0.5) is 0 Å². The summed E-state index contributed by atoms with van der Waals surface area (Å²) in [5, 5.41) is 17.3. The molecule has 41 heavy (non-hydrogen) atoms. The van der Waals surface area contributed by atoms with E-state index in [0.717, 1.165) is 56.9 Å². The van der Waals surface area contributed by atoms with E-state index in [2.05, 4.69) is 17.6 Å². The summed E-state index contributed by atoms with van der Waals surface area (Å²) in [6.07, 6.45) is 7.03. The summed E-state index contributed by atoms with van der Waals surface area (Å²) in [5.74, 6) is 1.18. The number of amides is 2. The van der Waals surface area contributed by atoms with E-state index >= 15 is 0 Å². The SMILES string of the molecule is CC[C@@H](Cc1ccc(OC)c(OCCCOC)c1)C[C@](C)(N)[C@@H](O)C[C@H](C(=O)NCC1(NC=O)CCCC1)C(C)C. The minimum atomic E-state index is -0.869. The quantitative estimate of drug-likeness (QED) is 0.136. The second kappa shape index (κ2) is 16.9. The van der Waals surface area contributed by atoms with Crippen molar-refractivity contribution in [2.45, 2.75) is 103 Å². The Morgan fingerprint density at radius 3 is 2.49 bits per heavy atom. The first-order chi connectivity index (χ1) is 19.5. The normalized spacial score (nSPS) is 18.3. The molecule has 1 aromatic carbocycles. The molecule has 5 N–H and O–H groups in total. The highest BCUT2D eigenvalue weighted by atomic mass is 16.5. The first kappa shape index (κ1) is 34.8. The van der Waals surface area contributed by atoms with Gasteiger partial charge in [-0.05, 0) is 68.6 Å². The van der Waals surface area contributed by atoms with Crippen molar-refractivity contribution < 1.29 is 28.9 Å². The zero-order valence-corrected chi connectivity index (χ0v) is 26.2. The van der Waals surface area contributed by atoms with Gasteiger partial charge >= 0.3 is 0 Å². The van der Waals surface area contributed by atoms with E-state index in [1.807, 2.05) is 39.0 Å². The standard InChI is InChI=1S/C32H55N3O6/c1-7-24(17-25-11-12-27(40-6)28(18-25)41-16-10-15-39-5)20-31(4,33)29(37)19-26(23(2)3)30(38)34-21-32(35-22-36)13-8-9-14-32/h11-12,18,22-24,26,29,37H,7-10,13-17,19-21,33H2,1-6H3,(H,34,38)(H,35,36)/t24-,26-,29-,31-/m0/s1. The van der Waals surface area contributed by atoms with Crippen LogP contribution in [0.15, 0.2) is 18.2 Å². The highest BCUT2D eigenvalue weighted by molar-refractivity contribution is 5.79. The van der Waals surface area contributed by atoms with Crippen LogP contribution in [0, 0.1) is 17.8 Å². The molecule has 0 aromatic heterocycles. The van der Waals surface area contributed by atoms with Gasteiger partial charge in [0.15, 0.2) is 11.5 Å². The van der Waals surface area contributed by atoms with Crippen molar-refractivity contribution in [3.63, 3.8) is 0 Å². The molecule has 0 heterocycles. The lowest BCUT2D eigenvalue weighted by atomic mass is 9.77.